The summed E-state index contributed by atoms with van der Waals surface area (Å²) >= 11 is 0. The van der Waals surface area contributed by atoms with E-state index in [-0.39, 0.29) is 35.4 Å². The molecule has 0 spiro atoms. The highest BCUT2D eigenvalue weighted by atomic mass is 127. The molecule has 1 rings (SSSR count). The lowest BCUT2D eigenvalue weighted by Gasteiger charge is -2.27. The van der Waals surface area contributed by atoms with Gasteiger partial charge in [0.05, 0.1) is 0 Å². The Bertz CT molecular complexity index is 238. The second-order valence-electron chi connectivity index (χ2n) is 4.25. The number of nitrogens with two attached hydrogens (primary N) is 1. The molecule has 74 valence electrons. The van der Waals surface area contributed by atoms with Crippen LogP contribution in [-0.4, -0.2) is 0 Å². The molecule has 0 radical (unpaired) electrons. The van der Waals surface area contributed by atoms with E-state index in [4.69, 9.17) is 5.73 Å². The topological polar surface area (TPSA) is 26.0 Å². The summed E-state index contributed by atoms with van der Waals surface area (Å²) in [7, 11) is 0. The van der Waals surface area contributed by atoms with Gasteiger partial charge in [-0.25, -0.2) is 0 Å². The number of rotatable bonds is 1. The first kappa shape index (κ1) is 12.9. The van der Waals surface area contributed by atoms with Crippen molar-refractivity contribution in [2.45, 2.75) is 26.8 Å². The maximum atomic E-state index is 6.07. The molecule has 1 aromatic rings. The first-order valence-electron chi connectivity index (χ1n) is 4.32. The van der Waals surface area contributed by atoms with Crippen molar-refractivity contribution in [2.24, 2.45) is 11.1 Å². The molecule has 0 aliphatic rings. The zero-order valence-electron chi connectivity index (χ0n) is 8.45. The van der Waals surface area contributed by atoms with E-state index in [1.165, 1.54) is 5.56 Å². The molecule has 0 amide bonds. The fourth-order valence-electron chi connectivity index (χ4n) is 1.16. The standard InChI is InChI=1S/C11H17N.HI/c1-11(2,3)10(12)9-7-5-4-6-8-9;/h4-8,10H,12H2,1-3H3;1H. The van der Waals surface area contributed by atoms with Crippen LogP contribution in [0.2, 0.25) is 0 Å². The highest BCUT2D eigenvalue weighted by Gasteiger charge is 2.21. The molecule has 0 aliphatic heterocycles. The molecule has 1 aromatic carbocycles. The van der Waals surface area contributed by atoms with Crippen LogP contribution in [0.1, 0.15) is 32.4 Å². The summed E-state index contributed by atoms with van der Waals surface area (Å²) < 4.78 is 0. The smallest absolute Gasteiger partial charge is 0.0344 e. The second kappa shape index (κ2) is 4.96. The van der Waals surface area contributed by atoms with E-state index in [2.05, 4.69) is 32.9 Å². The van der Waals surface area contributed by atoms with Gasteiger partial charge in [-0.2, -0.15) is 0 Å². The quantitative estimate of drug-likeness (QED) is 0.789. The molecule has 2 N–H and O–H groups in total. The largest absolute Gasteiger partial charge is 0.324 e. The number of halogens is 1. The molecule has 13 heavy (non-hydrogen) atoms. The van der Waals surface area contributed by atoms with Crippen LogP contribution < -0.4 is 5.73 Å². The van der Waals surface area contributed by atoms with Gasteiger partial charge in [0.15, 0.2) is 0 Å². The molecule has 0 aromatic heterocycles. The average Bonchev–Trinajstić information content (AvgIpc) is 2.03. The van der Waals surface area contributed by atoms with Crippen molar-refractivity contribution >= 4 is 24.0 Å². The van der Waals surface area contributed by atoms with Crippen LogP contribution in [0.25, 0.3) is 0 Å². The van der Waals surface area contributed by atoms with Gasteiger partial charge < -0.3 is 5.73 Å². The summed E-state index contributed by atoms with van der Waals surface area (Å²) in [6.45, 7) is 6.47. The molecular weight excluding hydrogens is 273 g/mol. The molecule has 2 heteroatoms. The van der Waals surface area contributed by atoms with Gasteiger partial charge in [-0.05, 0) is 11.0 Å². The Hall–Kier alpha value is -0.0900. The van der Waals surface area contributed by atoms with Crippen LogP contribution in [0.4, 0.5) is 0 Å². The van der Waals surface area contributed by atoms with Crippen LogP contribution >= 0.6 is 24.0 Å². The number of hydrogen-bond donors (Lipinski definition) is 1. The molecule has 1 unspecified atom stereocenters. The first-order chi connectivity index (χ1) is 5.52. The van der Waals surface area contributed by atoms with Gasteiger partial charge >= 0.3 is 0 Å². The molecule has 0 aliphatic carbocycles. The van der Waals surface area contributed by atoms with Crippen LogP contribution in [0, 0.1) is 5.41 Å². The summed E-state index contributed by atoms with van der Waals surface area (Å²) in [5.41, 5.74) is 7.43. The minimum Gasteiger partial charge on any atom is -0.324 e. The zero-order chi connectivity index (χ0) is 9.19. The van der Waals surface area contributed by atoms with E-state index in [1.54, 1.807) is 0 Å². The van der Waals surface area contributed by atoms with E-state index >= 15 is 0 Å². The first-order valence-corrected chi connectivity index (χ1v) is 4.32. The third-order valence-corrected chi connectivity index (χ3v) is 2.09. The SMILES string of the molecule is CC(C)(C)C(N)c1ccccc1.I. The van der Waals surface area contributed by atoms with Gasteiger partial charge in [0.1, 0.15) is 0 Å². The van der Waals surface area contributed by atoms with Gasteiger partial charge in [0.2, 0.25) is 0 Å². The molecule has 0 heterocycles. The van der Waals surface area contributed by atoms with Crippen molar-refractivity contribution in [3.05, 3.63) is 35.9 Å². The Labute approximate surface area is 97.7 Å². The van der Waals surface area contributed by atoms with Crippen molar-refractivity contribution in [1.82, 2.24) is 0 Å². The van der Waals surface area contributed by atoms with Gasteiger partial charge in [0, 0.05) is 6.04 Å². The summed E-state index contributed by atoms with van der Waals surface area (Å²) in [6.07, 6.45) is 0. The van der Waals surface area contributed by atoms with Crippen molar-refractivity contribution in [1.29, 1.82) is 0 Å². The lowest BCUT2D eigenvalue weighted by Crippen LogP contribution is -2.25. The van der Waals surface area contributed by atoms with Gasteiger partial charge in [-0.3, -0.25) is 0 Å². The third-order valence-electron chi connectivity index (χ3n) is 2.09. The van der Waals surface area contributed by atoms with Crippen LogP contribution in [0.3, 0.4) is 0 Å². The zero-order valence-corrected chi connectivity index (χ0v) is 10.8. The van der Waals surface area contributed by atoms with Gasteiger partial charge in [-0.15, -0.1) is 24.0 Å². The van der Waals surface area contributed by atoms with Crippen molar-refractivity contribution in [3.63, 3.8) is 0 Å². The molecule has 1 atom stereocenters. The monoisotopic (exact) mass is 291 g/mol. The average molecular weight is 291 g/mol. The Morgan fingerprint density at radius 1 is 1.08 bits per heavy atom. The summed E-state index contributed by atoms with van der Waals surface area (Å²) in [4.78, 5) is 0. The molecule has 0 fully saturated rings. The lowest BCUT2D eigenvalue weighted by atomic mass is 9.83. The van der Waals surface area contributed by atoms with E-state index in [0.717, 1.165) is 0 Å². The van der Waals surface area contributed by atoms with Crippen LogP contribution in [0.15, 0.2) is 30.3 Å². The highest BCUT2D eigenvalue weighted by Crippen LogP contribution is 2.29. The summed E-state index contributed by atoms with van der Waals surface area (Å²) in [6, 6.07) is 10.4. The van der Waals surface area contributed by atoms with E-state index < -0.39 is 0 Å². The normalized spacial score (nSPS) is 13.2. The third kappa shape index (κ3) is 3.65. The molecule has 0 bridgehead atoms. The summed E-state index contributed by atoms with van der Waals surface area (Å²) in [5, 5.41) is 0. The number of hydrogen-bond acceptors (Lipinski definition) is 1. The predicted octanol–water partition coefficient (Wildman–Crippen LogP) is 3.35. The van der Waals surface area contributed by atoms with Crippen LogP contribution in [-0.2, 0) is 0 Å². The fourth-order valence-corrected chi connectivity index (χ4v) is 1.16. The fraction of sp³-hybridized carbons (Fsp3) is 0.455. The van der Waals surface area contributed by atoms with Crippen molar-refractivity contribution in [3.8, 4) is 0 Å². The van der Waals surface area contributed by atoms with Gasteiger partial charge in [-0.1, -0.05) is 51.1 Å². The molecule has 0 saturated heterocycles. The Balaban J connectivity index is 0.00000144. The van der Waals surface area contributed by atoms with E-state index in [1.807, 2.05) is 18.2 Å². The maximum absolute atomic E-state index is 6.07. The minimum atomic E-state index is 0. The number of benzene rings is 1. The Morgan fingerprint density at radius 2 is 1.54 bits per heavy atom. The lowest BCUT2D eigenvalue weighted by molar-refractivity contribution is 0.327. The second-order valence-corrected chi connectivity index (χ2v) is 4.25. The highest BCUT2D eigenvalue weighted by molar-refractivity contribution is 14.0. The Kier molecular flexibility index (Phi) is 4.92. The molecular formula is C11H18IN. The van der Waals surface area contributed by atoms with Gasteiger partial charge in [0.25, 0.3) is 0 Å². The van der Waals surface area contributed by atoms with Crippen LogP contribution in [0.5, 0.6) is 0 Å². The summed E-state index contributed by atoms with van der Waals surface area (Å²) in [5.74, 6) is 0. The van der Waals surface area contributed by atoms with Crippen molar-refractivity contribution < 1.29 is 0 Å². The van der Waals surface area contributed by atoms with E-state index in [0.29, 0.717) is 0 Å². The molecule has 1 nitrogen and oxygen atoms in total. The molecule has 0 saturated carbocycles. The Morgan fingerprint density at radius 3 is 1.92 bits per heavy atom. The van der Waals surface area contributed by atoms with Crippen molar-refractivity contribution in [2.75, 3.05) is 0 Å². The maximum Gasteiger partial charge on any atom is 0.0344 e. The predicted molar refractivity (Wildman–Crippen MR) is 68.2 cm³/mol. The van der Waals surface area contributed by atoms with E-state index in [9.17, 15) is 0 Å². The minimum absolute atomic E-state index is 0.